The maximum atomic E-state index is 9.20. The predicted molar refractivity (Wildman–Crippen MR) is 52.4 cm³/mol. The lowest BCUT2D eigenvalue weighted by Gasteiger charge is -2.11. The lowest BCUT2D eigenvalue weighted by Crippen LogP contribution is -2.10. The van der Waals surface area contributed by atoms with Crippen LogP contribution in [-0.4, -0.2) is 33.1 Å². The van der Waals surface area contributed by atoms with Crippen LogP contribution in [0, 0.1) is 0 Å². The zero-order chi connectivity index (χ0) is 10.3. The van der Waals surface area contributed by atoms with Crippen LogP contribution in [0.2, 0.25) is 0 Å². The molecule has 1 aliphatic carbocycles. The summed E-state index contributed by atoms with van der Waals surface area (Å²) in [5, 5.41) is 17.4. The van der Waals surface area contributed by atoms with Gasteiger partial charge in [-0.05, 0) is 19.3 Å². The molecule has 82 valence electrons. The highest BCUT2D eigenvalue weighted by molar-refractivity contribution is 5.08. The van der Waals surface area contributed by atoms with E-state index in [2.05, 4.69) is 14.8 Å². The molecule has 2 aliphatic rings. The Balaban J connectivity index is 1.94. The average Bonchev–Trinajstić information content (AvgIpc) is 2.83. The molecule has 1 saturated heterocycles. The summed E-state index contributed by atoms with van der Waals surface area (Å²) in [6, 6.07) is 0.526. The summed E-state index contributed by atoms with van der Waals surface area (Å²) in [7, 11) is 0. The molecule has 0 aromatic carbocycles. The van der Waals surface area contributed by atoms with Crippen LogP contribution >= 0.6 is 0 Å². The molecule has 1 atom stereocenters. The predicted octanol–water partition coefficient (Wildman–Crippen LogP) is 0.609. The first kappa shape index (κ1) is 9.30. The fourth-order valence-electron chi connectivity index (χ4n) is 2.19. The van der Waals surface area contributed by atoms with Crippen LogP contribution in [0.4, 0.5) is 0 Å². The number of hydrogen-bond acceptors (Lipinski definition) is 4. The van der Waals surface area contributed by atoms with Gasteiger partial charge in [-0.1, -0.05) is 0 Å². The molecular weight excluding hydrogens is 194 g/mol. The molecule has 1 aliphatic heterocycles. The van der Waals surface area contributed by atoms with Gasteiger partial charge in [-0.3, -0.25) is 0 Å². The minimum Gasteiger partial charge on any atom is -0.388 e. The number of aliphatic hydroxyl groups excluding tert-OH is 1. The molecule has 2 fully saturated rings. The molecular formula is C10H15N3O2. The van der Waals surface area contributed by atoms with E-state index >= 15 is 0 Å². The molecule has 5 heteroatoms. The quantitative estimate of drug-likeness (QED) is 0.792. The van der Waals surface area contributed by atoms with Gasteiger partial charge in [0.1, 0.15) is 12.4 Å². The summed E-state index contributed by atoms with van der Waals surface area (Å²) in [6.45, 7) is 1.55. The molecule has 0 amide bonds. The normalized spacial score (nSPS) is 26.1. The van der Waals surface area contributed by atoms with Gasteiger partial charge in [0.2, 0.25) is 0 Å². The van der Waals surface area contributed by atoms with E-state index in [-0.39, 0.29) is 6.61 Å². The number of hydrogen-bond donors (Lipinski definition) is 1. The monoisotopic (exact) mass is 209 g/mol. The van der Waals surface area contributed by atoms with E-state index in [9.17, 15) is 5.11 Å². The van der Waals surface area contributed by atoms with Gasteiger partial charge in [0.05, 0.1) is 6.61 Å². The van der Waals surface area contributed by atoms with Gasteiger partial charge in [-0.2, -0.15) is 0 Å². The van der Waals surface area contributed by atoms with E-state index in [1.54, 1.807) is 0 Å². The van der Waals surface area contributed by atoms with E-state index in [0.29, 0.717) is 17.8 Å². The zero-order valence-electron chi connectivity index (χ0n) is 8.59. The standard InChI is InChI=1S/C10H15N3O2/c14-5-9-11-12-10(7-3-4-15-6-7)13(9)8-1-2-8/h7-8,14H,1-6H2. The van der Waals surface area contributed by atoms with E-state index < -0.39 is 0 Å². The van der Waals surface area contributed by atoms with Crippen molar-refractivity contribution in [2.24, 2.45) is 0 Å². The highest BCUT2D eigenvalue weighted by Crippen LogP contribution is 2.39. The van der Waals surface area contributed by atoms with E-state index in [1.807, 2.05) is 0 Å². The summed E-state index contributed by atoms with van der Waals surface area (Å²) in [5.41, 5.74) is 0. The molecule has 2 heterocycles. The van der Waals surface area contributed by atoms with Crippen LogP contribution < -0.4 is 0 Å². The Hall–Kier alpha value is -0.940. The van der Waals surface area contributed by atoms with Crippen molar-refractivity contribution >= 4 is 0 Å². The van der Waals surface area contributed by atoms with Crippen molar-refractivity contribution in [2.45, 2.75) is 37.8 Å². The molecule has 15 heavy (non-hydrogen) atoms. The Morgan fingerprint density at radius 3 is 2.80 bits per heavy atom. The molecule has 1 N–H and O–H groups in total. The van der Waals surface area contributed by atoms with Crippen molar-refractivity contribution in [1.82, 2.24) is 14.8 Å². The second-order valence-electron chi connectivity index (χ2n) is 4.29. The Morgan fingerprint density at radius 1 is 1.33 bits per heavy atom. The van der Waals surface area contributed by atoms with Gasteiger partial charge in [0.25, 0.3) is 0 Å². The molecule has 1 unspecified atom stereocenters. The summed E-state index contributed by atoms with van der Waals surface area (Å²) in [4.78, 5) is 0. The highest BCUT2D eigenvalue weighted by atomic mass is 16.5. The number of ether oxygens (including phenoxy) is 1. The van der Waals surface area contributed by atoms with Crippen molar-refractivity contribution in [2.75, 3.05) is 13.2 Å². The van der Waals surface area contributed by atoms with Crippen LogP contribution in [0.5, 0.6) is 0 Å². The summed E-state index contributed by atoms with van der Waals surface area (Å²) >= 11 is 0. The number of rotatable bonds is 3. The molecule has 0 spiro atoms. The molecule has 5 nitrogen and oxygen atoms in total. The van der Waals surface area contributed by atoms with Gasteiger partial charge >= 0.3 is 0 Å². The SMILES string of the molecule is OCc1nnc(C2CCOC2)n1C1CC1. The fourth-order valence-corrected chi connectivity index (χ4v) is 2.19. The van der Waals surface area contributed by atoms with Gasteiger partial charge in [-0.15, -0.1) is 10.2 Å². The van der Waals surface area contributed by atoms with Gasteiger partial charge < -0.3 is 14.4 Å². The average molecular weight is 209 g/mol. The Kier molecular flexibility index (Phi) is 2.21. The molecule has 1 aromatic heterocycles. The summed E-state index contributed by atoms with van der Waals surface area (Å²) in [6.07, 6.45) is 3.40. The minimum absolute atomic E-state index is 0.0168. The van der Waals surface area contributed by atoms with Gasteiger partial charge in [-0.25, -0.2) is 0 Å². The van der Waals surface area contributed by atoms with E-state index in [1.165, 1.54) is 12.8 Å². The first-order valence-corrected chi connectivity index (χ1v) is 5.52. The highest BCUT2D eigenvalue weighted by Gasteiger charge is 2.33. The van der Waals surface area contributed by atoms with Crippen LogP contribution in [0.25, 0.3) is 0 Å². The van der Waals surface area contributed by atoms with Crippen LogP contribution in [0.3, 0.4) is 0 Å². The van der Waals surface area contributed by atoms with Crippen LogP contribution in [0.15, 0.2) is 0 Å². The first-order chi connectivity index (χ1) is 7.40. The van der Waals surface area contributed by atoms with Crippen molar-refractivity contribution < 1.29 is 9.84 Å². The molecule has 0 radical (unpaired) electrons. The Bertz CT molecular complexity index is 354. The number of aliphatic hydroxyl groups is 1. The molecule has 1 aromatic rings. The van der Waals surface area contributed by atoms with Gasteiger partial charge in [0.15, 0.2) is 5.82 Å². The molecule has 1 saturated carbocycles. The topological polar surface area (TPSA) is 60.2 Å². The van der Waals surface area contributed by atoms with Gasteiger partial charge in [0, 0.05) is 18.6 Å². The smallest absolute Gasteiger partial charge is 0.159 e. The number of nitrogens with zero attached hydrogens (tertiary/aromatic N) is 3. The minimum atomic E-state index is -0.0168. The zero-order valence-corrected chi connectivity index (χ0v) is 8.59. The van der Waals surface area contributed by atoms with Crippen molar-refractivity contribution in [3.63, 3.8) is 0 Å². The third kappa shape index (κ3) is 1.55. The maximum Gasteiger partial charge on any atom is 0.159 e. The fraction of sp³-hybridized carbons (Fsp3) is 0.800. The number of aromatic nitrogens is 3. The third-order valence-electron chi connectivity index (χ3n) is 3.14. The van der Waals surface area contributed by atoms with E-state index in [0.717, 1.165) is 25.5 Å². The Labute approximate surface area is 88.1 Å². The molecule has 0 bridgehead atoms. The second-order valence-corrected chi connectivity index (χ2v) is 4.29. The van der Waals surface area contributed by atoms with Crippen molar-refractivity contribution in [3.8, 4) is 0 Å². The van der Waals surface area contributed by atoms with Crippen LogP contribution in [-0.2, 0) is 11.3 Å². The largest absolute Gasteiger partial charge is 0.388 e. The third-order valence-corrected chi connectivity index (χ3v) is 3.14. The van der Waals surface area contributed by atoms with Crippen LogP contribution in [0.1, 0.15) is 42.9 Å². The van der Waals surface area contributed by atoms with Crippen molar-refractivity contribution in [1.29, 1.82) is 0 Å². The Morgan fingerprint density at radius 2 is 2.20 bits per heavy atom. The summed E-state index contributed by atoms with van der Waals surface area (Å²) < 4.78 is 7.49. The second kappa shape index (κ2) is 3.57. The van der Waals surface area contributed by atoms with Crippen molar-refractivity contribution in [3.05, 3.63) is 11.6 Å². The lowest BCUT2D eigenvalue weighted by molar-refractivity contribution is 0.192. The lowest BCUT2D eigenvalue weighted by atomic mass is 10.1. The first-order valence-electron chi connectivity index (χ1n) is 5.52. The van der Waals surface area contributed by atoms with E-state index in [4.69, 9.17) is 4.74 Å². The maximum absolute atomic E-state index is 9.20. The molecule has 3 rings (SSSR count). The summed E-state index contributed by atoms with van der Waals surface area (Å²) in [5.74, 6) is 2.09.